The summed E-state index contributed by atoms with van der Waals surface area (Å²) in [5.41, 5.74) is 1.97. The molecule has 1 aliphatic rings. The van der Waals surface area contributed by atoms with Crippen LogP contribution in [0.5, 0.6) is 5.75 Å². The van der Waals surface area contributed by atoms with E-state index in [9.17, 15) is 14.4 Å². The Morgan fingerprint density at radius 2 is 1.57 bits per heavy atom. The second kappa shape index (κ2) is 12.5. The molecule has 0 aliphatic carbocycles. The number of methoxy groups -OCH3 is 1. The Morgan fingerprint density at radius 1 is 0.946 bits per heavy atom. The fourth-order valence-electron chi connectivity index (χ4n) is 4.14. The van der Waals surface area contributed by atoms with E-state index in [2.05, 4.69) is 15.5 Å². The maximum absolute atomic E-state index is 12.9. The molecule has 2 aromatic rings. The predicted molar refractivity (Wildman–Crippen MR) is 146 cm³/mol. The molecule has 9 heteroatoms. The van der Waals surface area contributed by atoms with Gasteiger partial charge >= 0.3 is 6.03 Å². The molecule has 1 fully saturated rings. The van der Waals surface area contributed by atoms with Crippen LogP contribution in [0.25, 0.3) is 0 Å². The number of hydrogen-bond acceptors (Lipinski definition) is 5. The molecule has 1 saturated heterocycles. The second-order valence-corrected chi connectivity index (χ2v) is 10.2. The zero-order valence-electron chi connectivity index (χ0n) is 22.5. The van der Waals surface area contributed by atoms with Gasteiger partial charge in [0.1, 0.15) is 12.3 Å². The number of benzene rings is 2. The van der Waals surface area contributed by atoms with Crippen LogP contribution in [-0.4, -0.2) is 79.6 Å². The van der Waals surface area contributed by atoms with Crippen LogP contribution in [0, 0.1) is 0 Å². The molecule has 0 unspecified atom stereocenters. The van der Waals surface area contributed by atoms with Gasteiger partial charge in [0, 0.05) is 55.2 Å². The van der Waals surface area contributed by atoms with Crippen LogP contribution < -0.4 is 20.3 Å². The summed E-state index contributed by atoms with van der Waals surface area (Å²) in [6.45, 7) is 11.1. The molecule has 0 saturated carbocycles. The van der Waals surface area contributed by atoms with Gasteiger partial charge in [0.25, 0.3) is 5.91 Å². The van der Waals surface area contributed by atoms with Crippen LogP contribution in [0.3, 0.4) is 0 Å². The molecular formula is C28H39N5O4. The Labute approximate surface area is 219 Å². The summed E-state index contributed by atoms with van der Waals surface area (Å²) >= 11 is 0. The Balaban J connectivity index is 1.53. The van der Waals surface area contributed by atoms with Gasteiger partial charge in [-0.15, -0.1) is 0 Å². The van der Waals surface area contributed by atoms with Gasteiger partial charge in [-0.05, 0) is 75.7 Å². The first-order valence-corrected chi connectivity index (χ1v) is 12.7. The monoisotopic (exact) mass is 509 g/mol. The van der Waals surface area contributed by atoms with Crippen molar-refractivity contribution in [2.45, 2.75) is 39.7 Å². The van der Waals surface area contributed by atoms with Crippen molar-refractivity contribution in [1.82, 2.24) is 15.1 Å². The predicted octanol–water partition coefficient (Wildman–Crippen LogP) is 3.82. The number of ether oxygens (including phenoxy) is 1. The summed E-state index contributed by atoms with van der Waals surface area (Å²) in [4.78, 5) is 43.7. The van der Waals surface area contributed by atoms with Crippen LogP contribution in [0.4, 0.5) is 16.2 Å². The number of hydrogen-bond donors (Lipinski definition) is 2. The van der Waals surface area contributed by atoms with Crippen molar-refractivity contribution < 1.29 is 19.1 Å². The normalized spacial score (nSPS) is 13.6. The van der Waals surface area contributed by atoms with E-state index in [1.807, 2.05) is 56.9 Å². The zero-order chi connectivity index (χ0) is 27.0. The van der Waals surface area contributed by atoms with Crippen LogP contribution in [-0.2, 0) is 4.79 Å². The van der Waals surface area contributed by atoms with E-state index in [0.29, 0.717) is 36.6 Å². The molecule has 1 aliphatic heterocycles. The van der Waals surface area contributed by atoms with E-state index in [-0.39, 0.29) is 29.9 Å². The van der Waals surface area contributed by atoms with Gasteiger partial charge < -0.3 is 30.1 Å². The van der Waals surface area contributed by atoms with Crippen molar-refractivity contribution in [2.24, 2.45) is 0 Å². The molecule has 1 heterocycles. The molecule has 0 spiro atoms. The van der Waals surface area contributed by atoms with Gasteiger partial charge in [-0.2, -0.15) is 0 Å². The summed E-state index contributed by atoms with van der Waals surface area (Å²) in [6, 6.07) is 14.5. The highest BCUT2D eigenvalue weighted by atomic mass is 16.5. The summed E-state index contributed by atoms with van der Waals surface area (Å²) < 4.78 is 5.15. The maximum atomic E-state index is 12.9. The van der Waals surface area contributed by atoms with Crippen molar-refractivity contribution in [2.75, 3.05) is 56.6 Å². The first-order valence-electron chi connectivity index (χ1n) is 12.7. The van der Waals surface area contributed by atoms with Crippen LogP contribution in [0.15, 0.2) is 48.5 Å². The average Bonchev–Trinajstić information content (AvgIpc) is 2.87. The minimum atomic E-state index is -0.259. The van der Waals surface area contributed by atoms with Crippen molar-refractivity contribution in [1.29, 1.82) is 0 Å². The number of nitrogens with one attached hydrogen (secondary N) is 2. The number of carbonyl (C=O) groups excluding carboxylic acids is 3. The smallest absolute Gasteiger partial charge is 0.317 e. The quantitative estimate of drug-likeness (QED) is 0.564. The Morgan fingerprint density at radius 3 is 2.11 bits per heavy atom. The van der Waals surface area contributed by atoms with E-state index in [0.717, 1.165) is 25.2 Å². The third-order valence-electron chi connectivity index (χ3n) is 6.02. The third kappa shape index (κ3) is 8.13. The number of anilines is 2. The van der Waals surface area contributed by atoms with E-state index in [4.69, 9.17) is 4.74 Å². The summed E-state index contributed by atoms with van der Waals surface area (Å²) in [5.74, 6) is 0.236. The number of amides is 4. The molecule has 200 valence electrons. The van der Waals surface area contributed by atoms with Crippen molar-refractivity contribution in [3.05, 3.63) is 54.1 Å². The number of rotatable bonds is 8. The SMILES string of the molecule is CCCN(CC(=O)Nc1ccc(N2CCN(C(=O)NC(C)(C)C)CC2)cc1)C(=O)c1ccc(OC)cc1. The highest BCUT2D eigenvalue weighted by molar-refractivity contribution is 5.99. The standard InChI is InChI=1S/C28H39N5O4/c1-6-15-33(26(35)21-7-13-24(37-5)14-8-21)20-25(34)29-22-9-11-23(12-10-22)31-16-18-32(19-17-31)27(36)30-28(2,3)4/h7-14H,6,15-20H2,1-5H3,(H,29,34)(H,30,36). The van der Waals surface area contributed by atoms with Gasteiger partial charge in [-0.3, -0.25) is 9.59 Å². The molecule has 0 bridgehead atoms. The molecule has 0 atom stereocenters. The van der Waals surface area contributed by atoms with E-state index >= 15 is 0 Å². The second-order valence-electron chi connectivity index (χ2n) is 10.2. The minimum absolute atomic E-state index is 0.0287. The number of carbonyl (C=O) groups is 3. The minimum Gasteiger partial charge on any atom is -0.497 e. The molecule has 4 amide bonds. The fraction of sp³-hybridized carbons (Fsp3) is 0.464. The molecule has 0 aromatic heterocycles. The van der Waals surface area contributed by atoms with Crippen LogP contribution in [0.2, 0.25) is 0 Å². The van der Waals surface area contributed by atoms with Crippen LogP contribution >= 0.6 is 0 Å². The fourth-order valence-corrected chi connectivity index (χ4v) is 4.14. The van der Waals surface area contributed by atoms with E-state index in [1.54, 1.807) is 36.3 Å². The zero-order valence-corrected chi connectivity index (χ0v) is 22.5. The third-order valence-corrected chi connectivity index (χ3v) is 6.02. The molecule has 0 radical (unpaired) electrons. The van der Waals surface area contributed by atoms with E-state index in [1.165, 1.54) is 0 Å². The summed E-state index contributed by atoms with van der Waals surface area (Å²) in [5, 5.41) is 5.91. The Hall–Kier alpha value is -3.75. The summed E-state index contributed by atoms with van der Waals surface area (Å²) in [6.07, 6.45) is 0.745. The van der Waals surface area contributed by atoms with Gasteiger partial charge in [-0.25, -0.2) is 4.79 Å². The number of urea groups is 1. The van der Waals surface area contributed by atoms with Crippen LogP contribution in [0.1, 0.15) is 44.5 Å². The summed E-state index contributed by atoms with van der Waals surface area (Å²) in [7, 11) is 1.58. The molecule has 9 nitrogen and oxygen atoms in total. The Kier molecular flexibility index (Phi) is 9.38. The number of piperazine rings is 1. The largest absolute Gasteiger partial charge is 0.497 e. The first kappa shape index (κ1) is 27.8. The lowest BCUT2D eigenvalue weighted by Gasteiger charge is -2.37. The van der Waals surface area contributed by atoms with Gasteiger partial charge in [-0.1, -0.05) is 6.92 Å². The molecule has 3 rings (SSSR count). The Bertz CT molecular complexity index is 1060. The topological polar surface area (TPSA) is 94.2 Å². The van der Waals surface area contributed by atoms with Crippen molar-refractivity contribution in [3.63, 3.8) is 0 Å². The van der Waals surface area contributed by atoms with E-state index < -0.39 is 0 Å². The van der Waals surface area contributed by atoms with Crippen molar-refractivity contribution >= 4 is 29.2 Å². The lowest BCUT2D eigenvalue weighted by atomic mass is 10.1. The lowest BCUT2D eigenvalue weighted by Crippen LogP contribution is -2.55. The number of nitrogens with zero attached hydrogens (tertiary/aromatic N) is 3. The molecule has 37 heavy (non-hydrogen) atoms. The lowest BCUT2D eigenvalue weighted by molar-refractivity contribution is -0.116. The molecule has 2 aromatic carbocycles. The average molecular weight is 510 g/mol. The maximum Gasteiger partial charge on any atom is 0.317 e. The van der Waals surface area contributed by atoms with Gasteiger partial charge in [0.05, 0.1) is 7.11 Å². The van der Waals surface area contributed by atoms with Gasteiger partial charge in [0.15, 0.2) is 0 Å². The first-order chi connectivity index (χ1) is 17.6. The molecule has 2 N–H and O–H groups in total. The molecular weight excluding hydrogens is 470 g/mol. The van der Waals surface area contributed by atoms with Crippen molar-refractivity contribution in [3.8, 4) is 5.75 Å². The van der Waals surface area contributed by atoms with Gasteiger partial charge in [0.2, 0.25) is 5.91 Å². The highest BCUT2D eigenvalue weighted by Crippen LogP contribution is 2.20. The highest BCUT2D eigenvalue weighted by Gasteiger charge is 2.24.